The number of hydrogen-bond acceptors (Lipinski definition) is 5. The quantitative estimate of drug-likeness (QED) is 0.0530. The van der Waals surface area contributed by atoms with Crippen molar-refractivity contribution in [3.63, 3.8) is 0 Å². The van der Waals surface area contributed by atoms with Gasteiger partial charge in [-0.2, -0.15) is 0 Å². The Kier molecular flexibility index (Phi) is 44.1. The first-order valence-electron chi connectivity index (χ1n) is 32.1. The minimum absolute atomic E-state index is 1.03. The van der Waals surface area contributed by atoms with Crippen LogP contribution in [0.4, 0.5) is 0 Å². The van der Waals surface area contributed by atoms with Crippen LogP contribution in [0.15, 0.2) is 47.1 Å². The molecule has 0 spiro atoms. The summed E-state index contributed by atoms with van der Waals surface area (Å²) in [4.78, 5) is 5.60. The maximum Gasteiger partial charge on any atom is 0.0593 e. The van der Waals surface area contributed by atoms with Gasteiger partial charge in [-0.15, -0.1) is 0 Å². The van der Waals surface area contributed by atoms with Crippen molar-refractivity contribution in [2.75, 3.05) is 52.4 Å². The maximum atomic E-state index is 4.59. The second-order valence-electron chi connectivity index (χ2n) is 22.6. The monoisotopic (exact) mass is 976 g/mol. The molecule has 3 N–H and O–H groups in total. The Balaban J connectivity index is 1.87. The Morgan fingerprint density at radius 2 is 0.586 bits per heavy atom. The van der Waals surface area contributed by atoms with Crippen LogP contribution in [-0.2, 0) is 0 Å². The van der Waals surface area contributed by atoms with Crippen molar-refractivity contribution in [2.24, 2.45) is 0 Å². The van der Waals surface area contributed by atoms with Crippen LogP contribution in [0, 0.1) is 0 Å². The molecule has 0 heterocycles. The predicted molar refractivity (Wildman–Crippen MR) is 315 cm³/mol. The molecule has 0 saturated heterocycles. The van der Waals surface area contributed by atoms with Crippen LogP contribution in [0.3, 0.4) is 0 Å². The topological polar surface area (TPSA) is 42.6 Å². The third-order valence-corrected chi connectivity index (χ3v) is 15.8. The molecule has 0 unspecified atom stereocenters. The van der Waals surface area contributed by atoms with E-state index in [1.165, 1.54) is 343 Å². The number of allylic oxidation sites excluding steroid dienone is 4. The fourth-order valence-electron chi connectivity index (χ4n) is 11.1. The van der Waals surface area contributed by atoms with E-state index in [1.807, 2.05) is 0 Å². The number of rotatable bonds is 57. The molecular weight excluding hydrogens is 851 g/mol. The summed E-state index contributed by atoms with van der Waals surface area (Å²) in [5, 5.41) is 11.6. The van der Waals surface area contributed by atoms with Gasteiger partial charge < -0.3 is 25.8 Å². The van der Waals surface area contributed by atoms with Crippen molar-refractivity contribution in [3.05, 3.63) is 47.1 Å². The summed E-state index contributed by atoms with van der Waals surface area (Å²) in [6, 6.07) is 0. The highest BCUT2D eigenvalue weighted by Gasteiger charge is 2.26. The highest BCUT2D eigenvalue weighted by Crippen LogP contribution is 2.34. The lowest BCUT2D eigenvalue weighted by Gasteiger charge is -2.38. The Hall–Kier alpha value is -1.88. The molecule has 0 saturated carbocycles. The second-order valence-corrected chi connectivity index (χ2v) is 22.6. The lowest BCUT2D eigenvalue weighted by atomic mass is 9.92. The molecule has 0 atom stereocenters. The van der Waals surface area contributed by atoms with Gasteiger partial charge in [-0.25, -0.2) is 0 Å². The van der Waals surface area contributed by atoms with Gasteiger partial charge in [0.05, 0.1) is 11.4 Å². The molecule has 2 aliphatic carbocycles. The molecule has 0 amide bonds. The summed E-state index contributed by atoms with van der Waals surface area (Å²) in [6.07, 6.45) is 61.9. The number of hydrogen-bond donors (Lipinski definition) is 3. The van der Waals surface area contributed by atoms with Crippen molar-refractivity contribution >= 4 is 0 Å². The van der Waals surface area contributed by atoms with Gasteiger partial charge in [-0.1, -0.05) is 272 Å². The molecule has 0 aliphatic heterocycles. The first-order chi connectivity index (χ1) is 34.5. The molecule has 410 valence electrons. The summed E-state index contributed by atoms with van der Waals surface area (Å²) < 4.78 is 0. The van der Waals surface area contributed by atoms with Gasteiger partial charge in [-0.3, -0.25) is 0 Å². The summed E-state index contributed by atoms with van der Waals surface area (Å²) >= 11 is 0. The predicted octanol–water partition coefficient (Wildman–Crippen LogP) is 19.6. The molecule has 0 aromatic rings. The third kappa shape index (κ3) is 34.5. The number of nitrogens with one attached hydrogen (secondary N) is 3. The maximum absolute atomic E-state index is 4.59. The summed E-state index contributed by atoms with van der Waals surface area (Å²) in [5.41, 5.74) is 8.36. The number of unbranched alkanes of at least 4 members (excludes halogenated alkanes) is 37. The van der Waals surface area contributed by atoms with E-state index in [4.69, 9.17) is 0 Å². The molecule has 2 aliphatic rings. The average Bonchev–Trinajstić information content (AvgIpc) is 3.35. The second kappa shape index (κ2) is 48.1. The first kappa shape index (κ1) is 64.2. The van der Waals surface area contributed by atoms with Gasteiger partial charge in [0.1, 0.15) is 0 Å². The van der Waals surface area contributed by atoms with Gasteiger partial charge in [0, 0.05) is 57.0 Å². The van der Waals surface area contributed by atoms with Crippen molar-refractivity contribution in [2.45, 2.75) is 317 Å². The first-order valence-corrected chi connectivity index (χ1v) is 32.1. The molecule has 70 heavy (non-hydrogen) atoms. The molecular formula is C65H125N5. The van der Waals surface area contributed by atoms with E-state index in [0.717, 1.165) is 32.5 Å². The summed E-state index contributed by atoms with van der Waals surface area (Å²) in [6.45, 7) is 27.6. The van der Waals surface area contributed by atoms with E-state index in [9.17, 15) is 0 Å². The zero-order valence-corrected chi connectivity index (χ0v) is 48.3. The van der Waals surface area contributed by atoms with Gasteiger partial charge >= 0.3 is 0 Å². The van der Waals surface area contributed by atoms with Crippen LogP contribution in [0.25, 0.3) is 0 Å². The smallest absolute Gasteiger partial charge is 0.0593 e. The molecule has 0 radical (unpaired) electrons. The SMILES string of the molecule is C=C1CC(NCCCCCCCCCCCC)=C1NCCCN(CCCCCCCCCCCCCC)CCCCN(CCCCCCCCCC)C1=C(NCCCCCCCCCCCC)CC1=C. The lowest BCUT2D eigenvalue weighted by molar-refractivity contribution is 0.247. The molecule has 0 aromatic heterocycles. The average molecular weight is 977 g/mol. The molecule has 5 heteroatoms. The van der Waals surface area contributed by atoms with Crippen LogP contribution in [0.2, 0.25) is 0 Å². The fraction of sp³-hybridized carbons (Fsp3) is 0.877. The molecule has 0 bridgehead atoms. The van der Waals surface area contributed by atoms with Gasteiger partial charge in [0.15, 0.2) is 0 Å². The van der Waals surface area contributed by atoms with Crippen LogP contribution < -0.4 is 16.0 Å². The molecule has 5 nitrogen and oxygen atoms in total. The van der Waals surface area contributed by atoms with E-state index >= 15 is 0 Å². The standard InChI is InChI=1S/C65H125N5/c1-7-11-15-19-23-27-30-31-34-37-41-45-53-69(55-49-52-68-64-60(5)58-62(64)66-50-43-39-35-32-28-24-20-16-12-8-2)54-47-48-57-70(56-46-42-38-26-22-18-14-10-4)65-61(6)59-63(65)67-51-44-40-36-33-29-25-21-17-13-9-3/h66-68H,5-59H2,1-4H3. The van der Waals surface area contributed by atoms with Gasteiger partial charge in [0.25, 0.3) is 0 Å². The van der Waals surface area contributed by atoms with Crippen molar-refractivity contribution in [1.29, 1.82) is 0 Å². The normalized spacial score (nSPS) is 13.7. The van der Waals surface area contributed by atoms with Crippen molar-refractivity contribution < 1.29 is 0 Å². The van der Waals surface area contributed by atoms with Gasteiger partial charge in [0.2, 0.25) is 0 Å². The third-order valence-electron chi connectivity index (χ3n) is 15.8. The molecule has 0 fully saturated rings. The largest absolute Gasteiger partial charge is 0.386 e. The Morgan fingerprint density at radius 1 is 0.300 bits per heavy atom. The van der Waals surface area contributed by atoms with Crippen LogP contribution in [0.5, 0.6) is 0 Å². The van der Waals surface area contributed by atoms with E-state index in [1.54, 1.807) is 0 Å². The lowest BCUT2D eigenvalue weighted by Crippen LogP contribution is -2.36. The Labute approximate surface area is 439 Å². The highest BCUT2D eigenvalue weighted by atomic mass is 15.2. The highest BCUT2D eigenvalue weighted by molar-refractivity contribution is 5.45. The zero-order chi connectivity index (χ0) is 50.2. The van der Waals surface area contributed by atoms with Crippen molar-refractivity contribution in [1.82, 2.24) is 25.8 Å². The fourth-order valence-corrected chi connectivity index (χ4v) is 11.1. The zero-order valence-electron chi connectivity index (χ0n) is 48.3. The Morgan fingerprint density at radius 3 is 0.971 bits per heavy atom. The van der Waals surface area contributed by atoms with E-state index in [2.05, 4.69) is 66.6 Å². The molecule has 2 rings (SSSR count). The molecule has 0 aromatic carbocycles. The minimum Gasteiger partial charge on any atom is -0.386 e. The van der Waals surface area contributed by atoms with Gasteiger partial charge in [-0.05, 0) is 75.7 Å². The van der Waals surface area contributed by atoms with Crippen molar-refractivity contribution in [3.8, 4) is 0 Å². The summed E-state index contributed by atoms with van der Waals surface area (Å²) in [7, 11) is 0. The van der Waals surface area contributed by atoms with E-state index < -0.39 is 0 Å². The summed E-state index contributed by atoms with van der Waals surface area (Å²) in [5.74, 6) is 0. The minimum atomic E-state index is 1.03. The number of nitrogens with zero attached hydrogens (tertiary/aromatic N) is 2. The van der Waals surface area contributed by atoms with E-state index in [-0.39, 0.29) is 0 Å². The van der Waals surface area contributed by atoms with Crippen LogP contribution in [-0.4, -0.2) is 62.2 Å². The van der Waals surface area contributed by atoms with Crippen LogP contribution >= 0.6 is 0 Å². The Bertz CT molecular complexity index is 1270. The van der Waals surface area contributed by atoms with E-state index in [0.29, 0.717) is 0 Å². The van der Waals surface area contributed by atoms with Crippen LogP contribution in [0.1, 0.15) is 317 Å².